The molecule has 0 spiro atoms. The van der Waals surface area contributed by atoms with E-state index >= 15 is 0 Å². The highest BCUT2D eigenvalue weighted by Crippen LogP contribution is 2.41. The molecule has 0 aliphatic heterocycles. The van der Waals surface area contributed by atoms with E-state index in [9.17, 15) is 4.79 Å². The minimum absolute atomic E-state index is 0.180. The summed E-state index contributed by atoms with van der Waals surface area (Å²) in [5.74, 6) is 1.22. The number of hydrogen-bond donors (Lipinski definition) is 0. The molecule has 0 heterocycles. The normalized spacial score (nSPS) is 10.2. The van der Waals surface area contributed by atoms with Crippen LogP contribution in [0.25, 0.3) is 0 Å². The van der Waals surface area contributed by atoms with Gasteiger partial charge in [-0.05, 0) is 12.1 Å². The van der Waals surface area contributed by atoms with E-state index in [-0.39, 0.29) is 21.9 Å². The van der Waals surface area contributed by atoms with Crippen LogP contribution in [0.1, 0.15) is 15.9 Å². The number of hydrogen-bond acceptors (Lipinski definition) is 6. The maximum Gasteiger partial charge on any atom is 0.208 e. The highest BCUT2D eigenvalue weighted by molar-refractivity contribution is 6.33. The molecule has 0 saturated heterocycles. The fraction of sp³-hybridized carbons (Fsp3) is 0.278. The highest BCUT2D eigenvalue weighted by atomic mass is 35.5. The summed E-state index contributed by atoms with van der Waals surface area (Å²) in [4.78, 5) is 13.3. The number of carbonyl (C=O) groups is 1. The van der Waals surface area contributed by atoms with E-state index < -0.39 is 5.78 Å². The summed E-state index contributed by atoms with van der Waals surface area (Å²) >= 11 is 6.17. The van der Waals surface area contributed by atoms with Crippen LogP contribution in [0.15, 0.2) is 24.3 Å². The van der Waals surface area contributed by atoms with Crippen LogP contribution in [0.4, 0.5) is 0 Å². The Kier molecular flexibility index (Phi) is 5.98. The lowest BCUT2D eigenvalue weighted by Crippen LogP contribution is -2.10. The van der Waals surface area contributed by atoms with Crippen LogP contribution in [0.2, 0.25) is 5.02 Å². The number of rotatable bonds is 7. The third-order valence-electron chi connectivity index (χ3n) is 3.66. The summed E-state index contributed by atoms with van der Waals surface area (Å²) in [5.41, 5.74) is 0.393. The topological polar surface area (TPSA) is 63.2 Å². The number of ether oxygens (including phenoxy) is 5. The average molecular weight is 367 g/mol. The second-order valence-electron chi connectivity index (χ2n) is 4.89. The molecule has 0 unspecified atom stereocenters. The lowest BCUT2D eigenvalue weighted by atomic mass is 9.99. The van der Waals surface area contributed by atoms with Crippen molar-refractivity contribution in [3.63, 3.8) is 0 Å². The second-order valence-corrected chi connectivity index (χ2v) is 5.30. The minimum Gasteiger partial charge on any atom is -0.496 e. The Morgan fingerprint density at radius 2 is 1.32 bits per heavy atom. The molecule has 0 N–H and O–H groups in total. The van der Waals surface area contributed by atoms with Gasteiger partial charge >= 0.3 is 0 Å². The van der Waals surface area contributed by atoms with E-state index in [1.807, 2.05) is 0 Å². The molecule has 7 heteroatoms. The molecular weight excluding hydrogens is 348 g/mol. The molecule has 0 aliphatic rings. The molecular formula is C18H19ClO6. The molecule has 0 aromatic heterocycles. The molecule has 0 atom stereocenters. The standard InChI is InChI=1S/C18H19ClO6/c1-21-10-8-13(23-3)15(14(9-10)24-4)17(20)16-12(22-2)7-6-11(19)18(16)25-5/h6-9H,1-5H3. The van der Waals surface area contributed by atoms with Crippen molar-refractivity contribution >= 4 is 17.4 Å². The van der Waals surface area contributed by atoms with E-state index in [1.54, 1.807) is 24.3 Å². The van der Waals surface area contributed by atoms with Crippen LogP contribution in [-0.4, -0.2) is 41.3 Å². The van der Waals surface area contributed by atoms with E-state index in [4.69, 9.17) is 35.3 Å². The number of ketones is 1. The number of methoxy groups -OCH3 is 5. The summed E-state index contributed by atoms with van der Waals surface area (Å²) in [6.45, 7) is 0. The first kappa shape index (κ1) is 18.7. The molecule has 0 amide bonds. The predicted octanol–water partition coefficient (Wildman–Crippen LogP) is 3.61. The molecule has 6 nitrogen and oxygen atoms in total. The first-order valence-electron chi connectivity index (χ1n) is 7.27. The third kappa shape index (κ3) is 3.44. The number of carbonyl (C=O) groups excluding carboxylic acids is 1. The van der Waals surface area contributed by atoms with Crippen molar-refractivity contribution in [2.75, 3.05) is 35.5 Å². The zero-order valence-corrected chi connectivity index (χ0v) is 15.4. The summed E-state index contributed by atoms with van der Waals surface area (Å²) in [6, 6.07) is 6.39. The summed E-state index contributed by atoms with van der Waals surface area (Å²) in [5, 5.41) is 0.290. The van der Waals surface area contributed by atoms with Gasteiger partial charge in [0.2, 0.25) is 5.78 Å². The van der Waals surface area contributed by atoms with Gasteiger partial charge in [0.05, 0.1) is 40.6 Å². The van der Waals surface area contributed by atoms with Crippen LogP contribution in [0.3, 0.4) is 0 Å². The SMILES string of the molecule is COc1cc(OC)c(C(=O)c2c(OC)ccc(Cl)c2OC)c(OC)c1. The van der Waals surface area contributed by atoms with Crippen molar-refractivity contribution in [3.05, 3.63) is 40.4 Å². The Morgan fingerprint density at radius 3 is 1.76 bits per heavy atom. The van der Waals surface area contributed by atoms with Crippen molar-refractivity contribution in [2.45, 2.75) is 0 Å². The maximum atomic E-state index is 13.3. The Morgan fingerprint density at radius 1 is 0.760 bits per heavy atom. The largest absolute Gasteiger partial charge is 0.496 e. The fourth-order valence-corrected chi connectivity index (χ4v) is 2.71. The van der Waals surface area contributed by atoms with Gasteiger partial charge in [-0.2, -0.15) is 0 Å². The van der Waals surface area contributed by atoms with Gasteiger partial charge in [-0.3, -0.25) is 4.79 Å². The van der Waals surface area contributed by atoms with Gasteiger partial charge in [-0.25, -0.2) is 0 Å². The summed E-state index contributed by atoms with van der Waals surface area (Å²) in [7, 11) is 7.31. The highest BCUT2D eigenvalue weighted by Gasteiger charge is 2.28. The van der Waals surface area contributed by atoms with Crippen LogP contribution < -0.4 is 23.7 Å². The van der Waals surface area contributed by atoms with Crippen molar-refractivity contribution in [3.8, 4) is 28.7 Å². The molecule has 134 valence electrons. The monoisotopic (exact) mass is 366 g/mol. The van der Waals surface area contributed by atoms with Crippen molar-refractivity contribution < 1.29 is 28.5 Å². The van der Waals surface area contributed by atoms with E-state index in [2.05, 4.69) is 0 Å². The summed E-state index contributed by atoms with van der Waals surface area (Å²) < 4.78 is 26.5. The van der Waals surface area contributed by atoms with Gasteiger partial charge in [-0.1, -0.05) is 11.6 Å². The predicted molar refractivity (Wildman–Crippen MR) is 94.1 cm³/mol. The molecule has 2 aromatic rings. The zero-order valence-electron chi connectivity index (χ0n) is 14.6. The fourth-order valence-electron chi connectivity index (χ4n) is 2.48. The van der Waals surface area contributed by atoms with Crippen LogP contribution in [0.5, 0.6) is 28.7 Å². The van der Waals surface area contributed by atoms with Gasteiger partial charge in [0, 0.05) is 12.1 Å². The van der Waals surface area contributed by atoms with E-state index in [0.717, 1.165) is 0 Å². The van der Waals surface area contributed by atoms with Crippen molar-refractivity contribution in [1.29, 1.82) is 0 Å². The quantitative estimate of drug-likeness (QED) is 0.697. The first-order valence-corrected chi connectivity index (χ1v) is 7.65. The smallest absolute Gasteiger partial charge is 0.208 e. The maximum absolute atomic E-state index is 13.3. The van der Waals surface area contributed by atoms with E-state index in [0.29, 0.717) is 23.0 Å². The van der Waals surface area contributed by atoms with Crippen LogP contribution >= 0.6 is 11.6 Å². The Bertz CT molecular complexity index is 762. The number of halogens is 1. The lowest BCUT2D eigenvalue weighted by Gasteiger charge is -2.17. The average Bonchev–Trinajstić information content (AvgIpc) is 2.65. The Labute approximate surface area is 151 Å². The Balaban J connectivity index is 2.76. The molecule has 0 bridgehead atoms. The minimum atomic E-state index is -0.410. The van der Waals surface area contributed by atoms with Crippen molar-refractivity contribution in [2.24, 2.45) is 0 Å². The molecule has 2 aromatic carbocycles. The lowest BCUT2D eigenvalue weighted by molar-refractivity contribution is 0.102. The number of benzene rings is 2. The van der Waals surface area contributed by atoms with E-state index in [1.165, 1.54) is 35.5 Å². The third-order valence-corrected chi connectivity index (χ3v) is 3.96. The Hall–Kier alpha value is -2.60. The van der Waals surface area contributed by atoms with Gasteiger partial charge in [-0.15, -0.1) is 0 Å². The second kappa shape index (κ2) is 7.98. The summed E-state index contributed by atoms with van der Waals surface area (Å²) in [6.07, 6.45) is 0. The zero-order chi connectivity index (χ0) is 18.6. The molecule has 0 saturated carbocycles. The molecule has 2 rings (SSSR count). The molecule has 25 heavy (non-hydrogen) atoms. The van der Waals surface area contributed by atoms with Gasteiger partial charge in [0.25, 0.3) is 0 Å². The van der Waals surface area contributed by atoms with Gasteiger partial charge in [0.1, 0.15) is 34.1 Å². The van der Waals surface area contributed by atoms with Crippen LogP contribution in [0, 0.1) is 0 Å². The molecule has 0 fully saturated rings. The molecule has 0 radical (unpaired) electrons. The van der Waals surface area contributed by atoms with Gasteiger partial charge in [0.15, 0.2) is 5.75 Å². The van der Waals surface area contributed by atoms with Crippen LogP contribution in [-0.2, 0) is 0 Å². The first-order chi connectivity index (χ1) is 12.0. The van der Waals surface area contributed by atoms with Gasteiger partial charge < -0.3 is 23.7 Å². The van der Waals surface area contributed by atoms with Crippen molar-refractivity contribution in [1.82, 2.24) is 0 Å². The molecule has 0 aliphatic carbocycles.